The molecule has 1 heteroatoms. The Morgan fingerprint density at radius 1 is 1.06 bits per heavy atom. The molecule has 1 unspecified atom stereocenters. The fraction of sp³-hybridized carbons (Fsp3) is 0.600. The van der Waals surface area contributed by atoms with Gasteiger partial charge in [-0.05, 0) is 73.8 Å². The molecule has 0 saturated heterocycles. The van der Waals surface area contributed by atoms with Crippen LogP contribution in [0.15, 0.2) is 6.07 Å². The van der Waals surface area contributed by atoms with Crippen molar-refractivity contribution in [3.8, 4) is 0 Å². The molecule has 0 aliphatic heterocycles. The van der Waals surface area contributed by atoms with Gasteiger partial charge in [0, 0.05) is 6.04 Å². The first-order valence-electron chi connectivity index (χ1n) is 6.20. The van der Waals surface area contributed by atoms with Crippen LogP contribution in [-0.2, 0) is 0 Å². The maximum atomic E-state index is 6.47. The summed E-state index contributed by atoms with van der Waals surface area (Å²) in [5.74, 6) is 0. The minimum Gasteiger partial charge on any atom is -0.323 e. The molecule has 2 rings (SSSR count). The third-order valence-corrected chi connectivity index (χ3v) is 4.52. The normalized spacial score (nSPS) is 19.6. The Morgan fingerprint density at radius 2 is 1.50 bits per heavy atom. The summed E-state index contributed by atoms with van der Waals surface area (Å²) in [6.45, 7) is 11.1. The van der Waals surface area contributed by atoms with Crippen LogP contribution in [-0.4, -0.2) is 0 Å². The predicted molar refractivity (Wildman–Crippen MR) is 69.7 cm³/mol. The molecule has 0 bridgehead atoms. The minimum atomic E-state index is 0.214. The molecule has 1 aromatic rings. The van der Waals surface area contributed by atoms with E-state index in [1.807, 2.05) is 0 Å². The summed E-state index contributed by atoms with van der Waals surface area (Å²) in [4.78, 5) is 0. The van der Waals surface area contributed by atoms with Gasteiger partial charge in [0.1, 0.15) is 0 Å². The van der Waals surface area contributed by atoms with Crippen LogP contribution in [0.4, 0.5) is 0 Å². The Labute approximate surface area is 99.0 Å². The first kappa shape index (κ1) is 11.7. The second-order valence-corrected chi connectivity index (χ2v) is 5.81. The van der Waals surface area contributed by atoms with Crippen LogP contribution in [0.3, 0.4) is 0 Å². The average molecular weight is 217 g/mol. The molecule has 1 nitrogen and oxygen atoms in total. The summed E-state index contributed by atoms with van der Waals surface area (Å²) in [5.41, 5.74) is 13.8. The molecule has 1 aliphatic carbocycles. The van der Waals surface area contributed by atoms with Crippen molar-refractivity contribution >= 4 is 0 Å². The molecule has 1 atom stereocenters. The highest BCUT2D eigenvalue weighted by Gasteiger charge is 2.44. The lowest BCUT2D eigenvalue weighted by atomic mass is 9.84. The first-order chi connectivity index (χ1) is 7.37. The Bertz CT molecular complexity index is 401. The largest absolute Gasteiger partial charge is 0.323 e. The fourth-order valence-electron chi connectivity index (χ4n) is 2.57. The van der Waals surface area contributed by atoms with Crippen LogP contribution in [0.5, 0.6) is 0 Å². The summed E-state index contributed by atoms with van der Waals surface area (Å²) in [6.07, 6.45) is 2.56. The van der Waals surface area contributed by atoms with E-state index in [1.54, 1.807) is 0 Å². The standard InChI is InChI=1S/C15H23N/c1-9-8-10(2)12(4)13(11(9)3)14(16)15(5)6-7-15/h8,14H,6-7,16H2,1-5H3. The number of benzene rings is 1. The van der Waals surface area contributed by atoms with E-state index in [-0.39, 0.29) is 6.04 Å². The molecule has 0 amide bonds. The van der Waals surface area contributed by atoms with Gasteiger partial charge in [-0.25, -0.2) is 0 Å². The molecule has 16 heavy (non-hydrogen) atoms. The van der Waals surface area contributed by atoms with E-state index in [0.29, 0.717) is 5.41 Å². The molecule has 88 valence electrons. The molecule has 0 heterocycles. The van der Waals surface area contributed by atoms with Crippen LogP contribution in [0.1, 0.15) is 53.6 Å². The smallest absolute Gasteiger partial charge is 0.0354 e. The van der Waals surface area contributed by atoms with Crippen LogP contribution in [0, 0.1) is 33.1 Å². The lowest BCUT2D eigenvalue weighted by Crippen LogP contribution is -2.23. The molecule has 0 radical (unpaired) electrons. The summed E-state index contributed by atoms with van der Waals surface area (Å²) in [7, 11) is 0. The molecule has 1 aliphatic rings. The SMILES string of the molecule is Cc1cc(C)c(C)c(C(N)C2(C)CC2)c1C. The van der Waals surface area contributed by atoms with E-state index < -0.39 is 0 Å². The van der Waals surface area contributed by atoms with E-state index in [1.165, 1.54) is 40.7 Å². The Balaban J connectivity index is 2.54. The summed E-state index contributed by atoms with van der Waals surface area (Å²) < 4.78 is 0. The maximum absolute atomic E-state index is 6.47. The lowest BCUT2D eigenvalue weighted by molar-refractivity contribution is 0.447. The van der Waals surface area contributed by atoms with E-state index >= 15 is 0 Å². The first-order valence-corrected chi connectivity index (χ1v) is 6.20. The monoisotopic (exact) mass is 217 g/mol. The zero-order valence-electron chi connectivity index (χ0n) is 11.1. The van der Waals surface area contributed by atoms with Gasteiger partial charge in [-0.2, -0.15) is 0 Å². The number of rotatable bonds is 2. The topological polar surface area (TPSA) is 26.0 Å². The third kappa shape index (κ3) is 1.67. The van der Waals surface area contributed by atoms with Crippen molar-refractivity contribution in [3.05, 3.63) is 33.9 Å². The maximum Gasteiger partial charge on any atom is 0.0354 e. The van der Waals surface area contributed by atoms with Crippen molar-refractivity contribution in [3.63, 3.8) is 0 Å². The van der Waals surface area contributed by atoms with Crippen molar-refractivity contribution in [1.29, 1.82) is 0 Å². The van der Waals surface area contributed by atoms with Gasteiger partial charge < -0.3 is 5.73 Å². The molecular formula is C15H23N. The number of hydrogen-bond acceptors (Lipinski definition) is 1. The molecule has 0 spiro atoms. The quantitative estimate of drug-likeness (QED) is 0.802. The molecular weight excluding hydrogens is 194 g/mol. The second kappa shape index (κ2) is 3.59. The molecule has 0 aromatic heterocycles. The van der Waals surface area contributed by atoms with Crippen LogP contribution >= 0.6 is 0 Å². The fourth-order valence-corrected chi connectivity index (χ4v) is 2.57. The summed E-state index contributed by atoms with van der Waals surface area (Å²) in [6, 6.07) is 2.49. The van der Waals surface area contributed by atoms with E-state index in [9.17, 15) is 0 Å². The van der Waals surface area contributed by atoms with Crippen molar-refractivity contribution in [1.82, 2.24) is 0 Å². The van der Waals surface area contributed by atoms with Crippen molar-refractivity contribution < 1.29 is 0 Å². The second-order valence-electron chi connectivity index (χ2n) is 5.81. The molecule has 2 N–H and O–H groups in total. The van der Waals surface area contributed by atoms with Crippen molar-refractivity contribution in [2.75, 3.05) is 0 Å². The van der Waals surface area contributed by atoms with Gasteiger partial charge in [-0.3, -0.25) is 0 Å². The van der Waals surface area contributed by atoms with Gasteiger partial charge in [0.25, 0.3) is 0 Å². The van der Waals surface area contributed by atoms with Gasteiger partial charge in [0.15, 0.2) is 0 Å². The third-order valence-electron chi connectivity index (χ3n) is 4.52. The Morgan fingerprint density at radius 3 is 1.88 bits per heavy atom. The van der Waals surface area contributed by atoms with Gasteiger partial charge in [-0.15, -0.1) is 0 Å². The predicted octanol–water partition coefficient (Wildman–Crippen LogP) is 3.72. The van der Waals surface area contributed by atoms with Crippen LogP contribution in [0.2, 0.25) is 0 Å². The van der Waals surface area contributed by atoms with Crippen molar-refractivity contribution in [2.45, 2.75) is 53.5 Å². The highest BCUT2D eigenvalue weighted by atomic mass is 14.7. The number of hydrogen-bond donors (Lipinski definition) is 1. The Kier molecular flexibility index (Phi) is 2.62. The van der Waals surface area contributed by atoms with E-state index in [2.05, 4.69) is 40.7 Å². The highest BCUT2D eigenvalue weighted by Crippen LogP contribution is 2.54. The van der Waals surface area contributed by atoms with E-state index in [0.717, 1.165) is 0 Å². The highest BCUT2D eigenvalue weighted by molar-refractivity contribution is 5.46. The molecule has 1 aromatic carbocycles. The molecule has 1 fully saturated rings. The van der Waals surface area contributed by atoms with Gasteiger partial charge >= 0.3 is 0 Å². The van der Waals surface area contributed by atoms with Gasteiger partial charge in [0.2, 0.25) is 0 Å². The van der Waals surface area contributed by atoms with Gasteiger partial charge in [0.05, 0.1) is 0 Å². The summed E-state index contributed by atoms with van der Waals surface area (Å²) in [5, 5.41) is 0. The Hall–Kier alpha value is -0.820. The lowest BCUT2D eigenvalue weighted by Gasteiger charge is -2.25. The molecule has 1 saturated carbocycles. The van der Waals surface area contributed by atoms with E-state index in [4.69, 9.17) is 5.73 Å². The minimum absolute atomic E-state index is 0.214. The zero-order valence-corrected chi connectivity index (χ0v) is 11.1. The van der Waals surface area contributed by atoms with Gasteiger partial charge in [-0.1, -0.05) is 13.0 Å². The van der Waals surface area contributed by atoms with Crippen LogP contribution < -0.4 is 5.73 Å². The zero-order chi connectivity index (χ0) is 12.1. The van der Waals surface area contributed by atoms with Crippen molar-refractivity contribution in [2.24, 2.45) is 11.1 Å². The average Bonchev–Trinajstić information content (AvgIpc) is 2.95. The number of nitrogens with two attached hydrogens (primary N) is 1. The number of aryl methyl sites for hydroxylation is 2. The summed E-state index contributed by atoms with van der Waals surface area (Å²) >= 11 is 0. The van der Waals surface area contributed by atoms with Crippen LogP contribution in [0.25, 0.3) is 0 Å².